The molecule has 0 radical (unpaired) electrons. The average molecular weight is 535 g/mol. The SMILES string of the molecule is C[C@H]1C(=O)N(C)CCCCN(C(=O)CN(C)C2CCCC2)CCCCOc2ccc(Cl)cc2C(=O)N1C. The van der Waals surface area contributed by atoms with Gasteiger partial charge in [0, 0.05) is 44.8 Å². The fraction of sp³-hybridized carbons (Fsp3) is 0.679. The van der Waals surface area contributed by atoms with Crippen molar-refractivity contribution in [2.24, 2.45) is 0 Å². The van der Waals surface area contributed by atoms with Crippen molar-refractivity contribution in [2.45, 2.75) is 70.4 Å². The van der Waals surface area contributed by atoms with Gasteiger partial charge in [0.05, 0.1) is 18.7 Å². The van der Waals surface area contributed by atoms with Crippen molar-refractivity contribution in [2.75, 3.05) is 53.9 Å². The first kappa shape index (κ1) is 29.2. The quantitative estimate of drug-likeness (QED) is 0.588. The van der Waals surface area contributed by atoms with E-state index < -0.39 is 6.04 Å². The molecule has 206 valence electrons. The van der Waals surface area contributed by atoms with E-state index in [4.69, 9.17) is 16.3 Å². The van der Waals surface area contributed by atoms with Crippen molar-refractivity contribution in [3.05, 3.63) is 28.8 Å². The number of nitrogens with zero attached hydrogens (tertiary/aromatic N) is 4. The molecule has 0 aromatic heterocycles. The Morgan fingerprint density at radius 1 is 1.03 bits per heavy atom. The average Bonchev–Trinajstić information content (AvgIpc) is 3.43. The second-order valence-corrected chi connectivity index (χ2v) is 10.9. The van der Waals surface area contributed by atoms with Crippen LogP contribution in [0, 0.1) is 0 Å². The molecule has 1 saturated carbocycles. The summed E-state index contributed by atoms with van der Waals surface area (Å²) in [5.41, 5.74) is 0.341. The monoisotopic (exact) mass is 534 g/mol. The van der Waals surface area contributed by atoms with Gasteiger partial charge in [0.25, 0.3) is 5.91 Å². The van der Waals surface area contributed by atoms with Crippen LogP contribution in [0.5, 0.6) is 5.75 Å². The maximum absolute atomic E-state index is 13.3. The summed E-state index contributed by atoms with van der Waals surface area (Å²) < 4.78 is 5.98. The van der Waals surface area contributed by atoms with Crippen LogP contribution in [0.15, 0.2) is 18.2 Å². The fourth-order valence-electron chi connectivity index (χ4n) is 5.14. The van der Waals surface area contributed by atoms with Crippen molar-refractivity contribution in [1.29, 1.82) is 0 Å². The number of hydrogen-bond acceptors (Lipinski definition) is 5. The third kappa shape index (κ3) is 8.08. The van der Waals surface area contributed by atoms with Crippen LogP contribution in [0.2, 0.25) is 5.02 Å². The zero-order valence-electron chi connectivity index (χ0n) is 22.9. The van der Waals surface area contributed by atoms with E-state index in [2.05, 4.69) is 11.9 Å². The number of halogens is 1. The molecule has 1 aliphatic heterocycles. The molecular weight excluding hydrogens is 492 g/mol. The molecule has 1 aromatic carbocycles. The molecule has 1 aromatic rings. The Labute approximate surface area is 226 Å². The molecule has 9 heteroatoms. The molecule has 3 rings (SSSR count). The molecular formula is C28H43ClN4O4. The first-order valence-corrected chi connectivity index (χ1v) is 14.0. The number of benzene rings is 1. The van der Waals surface area contributed by atoms with Crippen molar-refractivity contribution < 1.29 is 19.1 Å². The highest BCUT2D eigenvalue weighted by molar-refractivity contribution is 6.31. The van der Waals surface area contributed by atoms with Crippen LogP contribution < -0.4 is 4.74 Å². The van der Waals surface area contributed by atoms with Gasteiger partial charge in [-0.25, -0.2) is 0 Å². The van der Waals surface area contributed by atoms with Gasteiger partial charge in [-0.15, -0.1) is 0 Å². The zero-order valence-corrected chi connectivity index (χ0v) is 23.6. The van der Waals surface area contributed by atoms with Gasteiger partial charge in [0.1, 0.15) is 11.8 Å². The largest absolute Gasteiger partial charge is 0.493 e. The lowest BCUT2D eigenvalue weighted by atomic mass is 10.1. The van der Waals surface area contributed by atoms with Crippen LogP contribution >= 0.6 is 11.6 Å². The van der Waals surface area contributed by atoms with E-state index in [1.165, 1.54) is 30.6 Å². The highest BCUT2D eigenvalue weighted by Gasteiger charge is 2.28. The number of amides is 3. The Kier molecular flexibility index (Phi) is 11.1. The maximum Gasteiger partial charge on any atom is 0.258 e. The van der Waals surface area contributed by atoms with E-state index in [1.807, 2.05) is 4.90 Å². The number of carbonyl (C=O) groups excluding carboxylic acids is 3. The second-order valence-electron chi connectivity index (χ2n) is 10.5. The van der Waals surface area contributed by atoms with Gasteiger partial charge in [-0.1, -0.05) is 24.4 Å². The first-order valence-electron chi connectivity index (χ1n) is 13.6. The molecule has 0 bridgehead atoms. The summed E-state index contributed by atoms with van der Waals surface area (Å²) in [7, 11) is 5.45. The van der Waals surface area contributed by atoms with Gasteiger partial charge in [-0.3, -0.25) is 19.3 Å². The molecule has 1 aliphatic carbocycles. The molecule has 0 unspecified atom stereocenters. The van der Waals surface area contributed by atoms with Crippen molar-refractivity contribution in [3.8, 4) is 5.75 Å². The Morgan fingerprint density at radius 2 is 1.68 bits per heavy atom. The minimum atomic E-state index is -0.635. The number of rotatable bonds is 3. The van der Waals surface area contributed by atoms with Crippen molar-refractivity contribution >= 4 is 29.3 Å². The molecule has 1 atom stereocenters. The van der Waals surface area contributed by atoms with Gasteiger partial charge in [-0.05, 0) is 70.7 Å². The van der Waals surface area contributed by atoms with Crippen LogP contribution in [-0.4, -0.2) is 103 Å². The Balaban J connectivity index is 1.72. The predicted molar refractivity (Wildman–Crippen MR) is 146 cm³/mol. The number of hydrogen-bond donors (Lipinski definition) is 0. The number of likely N-dealkylation sites (N-methyl/N-ethyl adjacent to an activating group) is 3. The second kappa shape index (κ2) is 14.0. The molecule has 3 amide bonds. The third-order valence-corrected chi connectivity index (χ3v) is 7.98. The minimum absolute atomic E-state index is 0.129. The summed E-state index contributed by atoms with van der Waals surface area (Å²) in [6, 6.07) is 4.85. The lowest BCUT2D eigenvalue weighted by Crippen LogP contribution is -2.47. The Morgan fingerprint density at radius 3 is 2.38 bits per heavy atom. The lowest BCUT2D eigenvalue weighted by Gasteiger charge is -2.29. The van der Waals surface area contributed by atoms with E-state index in [1.54, 1.807) is 44.1 Å². The van der Waals surface area contributed by atoms with Crippen LogP contribution in [0.25, 0.3) is 0 Å². The smallest absolute Gasteiger partial charge is 0.258 e. The normalized spacial score (nSPS) is 21.7. The maximum atomic E-state index is 13.3. The summed E-state index contributed by atoms with van der Waals surface area (Å²) in [6.07, 6.45) is 8.01. The van der Waals surface area contributed by atoms with Gasteiger partial charge in [0.2, 0.25) is 11.8 Å². The summed E-state index contributed by atoms with van der Waals surface area (Å²) in [5.74, 6) is 0.179. The Hall–Kier alpha value is -2.32. The number of carbonyl (C=O) groups is 3. The first-order chi connectivity index (χ1) is 17.7. The zero-order chi connectivity index (χ0) is 26.9. The summed E-state index contributed by atoms with van der Waals surface area (Å²) in [6.45, 7) is 4.52. The standard InChI is InChI=1S/C28H43ClN4O4/c1-21-27(35)30(2)15-7-8-16-33(26(34)20-31(3)23-11-5-6-12-23)17-9-10-18-37-25-14-13-22(29)19-24(25)28(36)32(21)4/h13-14,19,21,23H,5-12,15-18,20H2,1-4H3/t21-/m0/s1. The number of fused-ring (bicyclic) bond motifs is 1. The van der Waals surface area contributed by atoms with E-state index in [-0.39, 0.29) is 17.7 Å². The van der Waals surface area contributed by atoms with Crippen LogP contribution in [0.4, 0.5) is 0 Å². The lowest BCUT2D eigenvalue weighted by molar-refractivity contribution is -0.134. The van der Waals surface area contributed by atoms with Crippen LogP contribution in [0.1, 0.15) is 68.6 Å². The van der Waals surface area contributed by atoms with Crippen LogP contribution in [-0.2, 0) is 9.59 Å². The topological polar surface area (TPSA) is 73.4 Å². The van der Waals surface area contributed by atoms with E-state index in [9.17, 15) is 14.4 Å². The molecule has 0 saturated heterocycles. The fourth-order valence-corrected chi connectivity index (χ4v) is 5.32. The summed E-state index contributed by atoms with van der Waals surface area (Å²) in [5, 5.41) is 0.433. The molecule has 1 heterocycles. The van der Waals surface area contributed by atoms with E-state index in [0.29, 0.717) is 55.2 Å². The van der Waals surface area contributed by atoms with Gasteiger partial charge in [0.15, 0.2) is 0 Å². The molecule has 37 heavy (non-hydrogen) atoms. The molecule has 0 spiro atoms. The van der Waals surface area contributed by atoms with E-state index in [0.717, 1.165) is 25.7 Å². The molecule has 0 N–H and O–H groups in total. The van der Waals surface area contributed by atoms with Gasteiger partial charge < -0.3 is 19.4 Å². The molecule has 8 nitrogen and oxygen atoms in total. The third-order valence-electron chi connectivity index (χ3n) is 7.74. The molecule has 2 aliphatic rings. The molecule has 1 fully saturated rings. The minimum Gasteiger partial charge on any atom is -0.493 e. The van der Waals surface area contributed by atoms with Crippen molar-refractivity contribution in [3.63, 3.8) is 0 Å². The summed E-state index contributed by atoms with van der Waals surface area (Å²) in [4.78, 5) is 46.8. The summed E-state index contributed by atoms with van der Waals surface area (Å²) >= 11 is 6.19. The van der Waals surface area contributed by atoms with Gasteiger partial charge in [-0.2, -0.15) is 0 Å². The number of ether oxygens (including phenoxy) is 1. The Bertz CT molecular complexity index is 937. The highest BCUT2D eigenvalue weighted by Crippen LogP contribution is 2.26. The predicted octanol–water partition coefficient (Wildman–Crippen LogP) is 3.91. The van der Waals surface area contributed by atoms with E-state index >= 15 is 0 Å². The van der Waals surface area contributed by atoms with Crippen LogP contribution in [0.3, 0.4) is 0 Å². The van der Waals surface area contributed by atoms with Crippen molar-refractivity contribution in [1.82, 2.24) is 19.6 Å². The van der Waals surface area contributed by atoms with Gasteiger partial charge >= 0.3 is 0 Å². The highest BCUT2D eigenvalue weighted by atomic mass is 35.5.